The summed E-state index contributed by atoms with van der Waals surface area (Å²) in [6, 6.07) is 10.1. The molecule has 2 rings (SSSR count). The Kier molecular flexibility index (Phi) is 3.27. The minimum Gasteiger partial charge on any atom is -0.399 e. The second-order valence-corrected chi connectivity index (χ2v) is 4.14. The van der Waals surface area contributed by atoms with Crippen LogP contribution in [0.3, 0.4) is 0 Å². The lowest BCUT2D eigenvalue weighted by molar-refractivity contribution is 0.319. The molecule has 0 bridgehead atoms. The smallest absolute Gasteiger partial charge is 0.0317 e. The van der Waals surface area contributed by atoms with Crippen molar-refractivity contribution in [1.29, 1.82) is 0 Å². The number of nitrogens with one attached hydrogen (secondary N) is 1. The second-order valence-electron chi connectivity index (χ2n) is 4.14. The summed E-state index contributed by atoms with van der Waals surface area (Å²) in [6.45, 7) is 1.86. The van der Waals surface area contributed by atoms with E-state index in [1.54, 1.807) is 0 Å². The first-order valence-corrected chi connectivity index (χ1v) is 5.38. The van der Waals surface area contributed by atoms with E-state index >= 15 is 0 Å². The van der Waals surface area contributed by atoms with Crippen LogP contribution in [0.5, 0.6) is 0 Å². The van der Waals surface area contributed by atoms with E-state index in [0.717, 1.165) is 18.8 Å². The molecule has 0 spiro atoms. The summed E-state index contributed by atoms with van der Waals surface area (Å²) in [5.74, 6) is 0. The van der Waals surface area contributed by atoms with Gasteiger partial charge in [-0.2, -0.15) is 0 Å². The van der Waals surface area contributed by atoms with Crippen molar-refractivity contribution in [2.45, 2.75) is 13.1 Å². The van der Waals surface area contributed by atoms with E-state index < -0.39 is 0 Å². The van der Waals surface area contributed by atoms with E-state index in [2.05, 4.69) is 29.1 Å². The van der Waals surface area contributed by atoms with Gasteiger partial charge in [0.1, 0.15) is 0 Å². The van der Waals surface area contributed by atoms with Gasteiger partial charge < -0.3 is 10.7 Å². The van der Waals surface area contributed by atoms with Crippen molar-refractivity contribution in [3.05, 3.63) is 53.9 Å². The van der Waals surface area contributed by atoms with E-state index in [9.17, 15) is 0 Å². The number of nitrogen functional groups attached to an aromatic ring is 1. The fraction of sp³-hybridized carbons (Fsp3) is 0.231. The van der Waals surface area contributed by atoms with Crippen molar-refractivity contribution >= 4 is 5.69 Å². The molecule has 3 N–H and O–H groups in total. The molecule has 16 heavy (non-hydrogen) atoms. The molecule has 0 aliphatic carbocycles. The summed E-state index contributed by atoms with van der Waals surface area (Å²) in [5, 5.41) is 0. The Morgan fingerprint density at radius 3 is 2.69 bits per heavy atom. The maximum Gasteiger partial charge on any atom is 0.0317 e. The van der Waals surface area contributed by atoms with Gasteiger partial charge in [-0.05, 0) is 36.4 Å². The van der Waals surface area contributed by atoms with E-state index in [4.69, 9.17) is 5.73 Å². The zero-order chi connectivity index (χ0) is 11.4. The molecule has 1 aromatic carbocycles. The summed E-state index contributed by atoms with van der Waals surface area (Å²) < 4.78 is 0. The molecule has 0 aliphatic heterocycles. The van der Waals surface area contributed by atoms with Gasteiger partial charge in [0.05, 0.1) is 0 Å². The SMILES string of the molecule is CN(Cc1cc[nH]c1)Cc1cccc(N)c1. The standard InChI is InChI=1S/C13H17N3/c1-16(10-12-5-6-15-8-12)9-11-3-2-4-13(14)7-11/h2-8,15H,9-10,14H2,1H3. The Bertz CT molecular complexity index is 434. The van der Waals surface area contributed by atoms with E-state index in [1.165, 1.54) is 11.1 Å². The maximum absolute atomic E-state index is 5.75. The van der Waals surface area contributed by atoms with Crippen LogP contribution >= 0.6 is 0 Å². The lowest BCUT2D eigenvalue weighted by Crippen LogP contribution is -2.16. The van der Waals surface area contributed by atoms with Crippen molar-refractivity contribution < 1.29 is 0 Å². The maximum atomic E-state index is 5.75. The van der Waals surface area contributed by atoms with Gasteiger partial charge in [-0.1, -0.05) is 12.1 Å². The van der Waals surface area contributed by atoms with Gasteiger partial charge in [0.2, 0.25) is 0 Å². The normalized spacial score (nSPS) is 10.9. The minimum absolute atomic E-state index is 0.826. The highest BCUT2D eigenvalue weighted by molar-refractivity contribution is 5.40. The zero-order valence-corrected chi connectivity index (χ0v) is 9.48. The summed E-state index contributed by atoms with van der Waals surface area (Å²) in [4.78, 5) is 5.32. The van der Waals surface area contributed by atoms with Gasteiger partial charge in [-0.15, -0.1) is 0 Å². The highest BCUT2D eigenvalue weighted by Crippen LogP contribution is 2.10. The highest BCUT2D eigenvalue weighted by atomic mass is 15.1. The van der Waals surface area contributed by atoms with Gasteiger partial charge in [0, 0.05) is 31.2 Å². The first-order chi connectivity index (χ1) is 7.74. The number of nitrogens with zero attached hydrogens (tertiary/aromatic N) is 1. The largest absolute Gasteiger partial charge is 0.399 e. The third-order valence-corrected chi connectivity index (χ3v) is 2.52. The van der Waals surface area contributed by atoms with Crippen LogP contribution in [0, 0.1) is 0 Å². The number of aromatic amines is 1. The van der Waals surface area contributed by atoms with E-state index in [-0.39, 0.29) is 0 Å². The molecule has 0 fully saturated rings. The Morgan fingerprint density at radius 2 is 2.00 bits per heavy atom. The third kappa shape index (κ3) is 2.87. The van der Waals surface area contributed by atoms with Gasteiger partial charge in [-0.3, -0.25) is 4.90 Å². The average molecular weight is 215 g/mol. The second kappa shape index (κ2) is 4.86. The molecule has 0 amide bonds. The fourth-order valence-corrected chi connectivity index (χ4v) is 1.83. The molecule has 84 valence electrons. The van der Waals surface area contributed by atoms with Crippen LogP contribution in [0.1, 0.15) is 11.1 Å². The number of H-pyrrole nitrogens is 1. The van der Waals surface area contributed by atoms with Crippen LogP contribution in [0.25, 0.3) is 0 Å². The Hall–Kier alpha value is -1.74. The first-order valence-electron chi connectivity index (χ1n) is 5.38. The van der Waals surface area contributed by atoms with Crippen molar-refractivity contribution in [3.63, 3.8) is 0 Å². The molecular formula is C13H17N3. The summed E-state index contributed by atoms with van der Waals surface area (Å²) in [6.07, 6.45) is 3.97. The summed E-state index contributed by atoms with van der Waals surface area (Å²) in [7, 11) is 2.11. The number of hydrogen-bond acceptors (Lipinski definition) is 2. The highest BCUT2D eigenvalue weighted by Gasteiger charge is 2.02. The summed E-state index contributed by atoms with van der Waals surface area (Å²) in [5.41, 5.74) is 9.12. The molecule has 0 unspecified atom stereocenters. The molecule has 0 saturated carbocycles. The zero-order valence-electron chi connectivity index (χ0n) is 9.48. The van der Waals surface area contributed by atoms with Gasteiger partial charge >= 0.3 is 0 Å². The van der Waals surface area contributed by atoms with Crippen LogP contribution in [-0.4, -0.2) is 16.9 Å². The minimum atomic E-state index is 0.826. The molecule has 1 aromatic heterocycles. The van der Waals surface area contributed by atoms with Crippen LogP contribution in [0.2, 0.25) is 0 Å². The Morgan fingerprint density at radius 1 is 1.19 bits per heavy atom. The van der Waals surface area contributed by atoms with Crippen LogP contribution < -0.4 is 5.73 Å². The van der Waals surface area contributed by atoms with Crippen molar-refractivity contribution in [1.82, 2.24) is 9.88 Å². The number of benzene rings is 1. The molecule has 2 aromatic rings. The molecule has 0 saturated heterocycles. The number of rotatable bonds is 4. The monoisotopic (exact) mass is 215 g/mol. The fourth-order valence-electron chi connectivity index (χ4n) is 1.83. The number of anilines is 1. The van der Waals surface area contributed by atoms with E-state index in [1.807, 2.05) is 30.6 Å². The molecule has 0 radical (unpaired) electrons. The third-order valence-electron chi connectivity index (χ3n) is 2.52. The van der Waals surface area contributed by atoms with Crippen molar-refractivity contribution in [3.8, 4) is 0 Å². The molecule has 3 heteroatoms. The Labute approximate surface area is 95.9 Å². The molecule has 1 heterocycles. The van der Waals surface area contributed by atoms with Gasteiger partial charge in [-0.25, -0.2) is 0 Å². The van der Waals surface area contributed by atoms with Gasteiger partial charge in [0.25, 0.3) is 0 Å². The van der Waals surface area contributed by atoms with Crippen LogP contribution in [-0.2, 0) is 13.1 Å². The molecule has 0 aliphatic rings. The predicted molar refractivity (Wildman–Crippen MR) is 66.8 cm³/mol. The Balaban J connectivity index is 1.94. The van der Waals surface area contributed by atoms with Crippen LogP contribution in [0.15, 0.2) is 42.7 Å². The number of nitrogens with two attached hydrogens (primary N) is 1. The quantitative estimate of drug-likeness (QED) is 0.768. The van der Waals surface area contributed by atoms with Crippen molar-refractivity contribution in [2.75, 3.05) is 12.8 Å². The lowest BCUT2D eigenvalue weighted by Gasteiger charge is -2.16. The average Bonchev–Trinajstić information content (AvgIpc) is 2.70. The number of aromatic nitrogens is 1. The number of hydrogen-bond donors (Lipinski definition) is 2. The van der Waals surface area contributed by atoms with Crippen molar-refractivity contribution in [2.24, 2.45) is 0 Å². The van der Waals surface area contributed by atoms with Gasteiger partial charge in [0.15, 0.2) is 0 Å². The first kappa shape index (κ1) is 10.8. The molecular weight excluding hydrogens is 198 g/mol. The summed E-state index contributed by atoms with van der Waals surface area (Å²) >= 11 is 0. The molecule has 0 atom stereocenters. The lowest BCUT2D eigenvalue weighted by atomic mass is 10.2. The molecule has 3 nitrogen and oxygen atoms in total. The topological polar surface area (TPSA) is 45.0 Å². The predicted octanol–water partition coefficient (Wildman–Crippen LogP) is 2.23. The van der Waals surface area contributed by atoms with Crippen LogP contribution in [0.4, 0.5) is 5.69 Å². The van der Waals surface area contributed by atoms with E-state index in [0.29, 0.717) is 0 Å².